The molecule has 2 N–H and O–H groups in total. The van der Waals surface area contributed by atoms with E-state index in [-0.39, 0.29) is 28.4 Å². The third-order valence-corrected chi connectivity index (χ3v) is 8.86. The van der Waals surface area contributed by atoms with Crippen LogP contribution in [0.1, 0.15) is 19.8 Å². The standard InChI is InChI=1S/C22H27N3O7S3/c1-3-32-13-12-25-19-11-10-18(35(23,29)30)15-20(19)33-22(25)24-21(26)5-4-14-34(27,28)17-8-6-16(31-2)7-9-17/h6-11,15H,3-5,12-14H2,1-2H3,(H2,23,29,30). The maximum Gasteiger partial charge on any atom is 0.248 e. The first-order chi connectivity index (χ1) is 16.5. The Hall–Kier alpha value is -2.58. The van der Waals surface area contributed by atoms with E-state index >= 15 is 0 Å². The van der Waals surface area contributed by atoms with E-state index in [1.165, 1.54) is 31.4 Å². The molecule has 0 bridgehead atoms. The smallest absolute Gasteiger partial charge is 0.248 e. The Kier molecular flexibility index (Phi) is 8.83. The molecule has 10 nitrogen and oxygen atoms in total. The van der Waals surface area contributed by atoms with E-state index in [9.17, 15) is 21.6 Å². The number of benzene rings is 2. The molecule has 0 radical (unpaired) electrons. The van der Waals surface area contributed by atoms with Gasteiger partial charge in [-0.05, 0) is 55.8 Å². The average Bonchev–Trinajstić information content (AvgIpc) is 3.14. The fourth-order valence-electron chi connectivity index (χ4n) is 3.31. The number of rotatable bonds is 11. The number of carbonyl (C=O) groups excluding carboxylic acids is 1. The predicted molar refractivity (Wildman–Crippen MR) is 133 cm³/mol. The molecule has 0 aliphatic heterocycles. The maximum absolute atomic E-state index is 12.6. The second kappa shape index (κ2) is 11.4. The van der Waals surface area contributed by atoms with Crippen LogP contribution in [0, 0.1) is 0 Å². The van der Waals surface area contributed by atoms with E-state index in [1.54, 1.807) is 22.8 Å². The lowest BCUT2D eigenvalue weighted by molar-refractivity contribution is -0.118. The predicted octanol–water partition coefficient (Wildman–Crippen LogP) is 2.08. The van der Waals surface area contributed by atoms with Crippen LogP contribution in [0.5, 0.6) is 5.75 Å². The van der Waals surface area contributed by atoms with E-state index in [1.807, 2.05) is 6.92 Å². The molecular weight excluding hydrogens is 514 g/mol. The highest BCUT2D eigenvalue weighted by atomic mass is 32.2. The van der Waals surface area contributed by atoms with Gasteiger partial charge in [-0.2, -0.15) is 4.99 Å². The van der Waals surface area contributed by atoms with Crippen molar-refractivity contribution in [3.8, 4) is 5.75 Å². The fourth-order valence-corrected chi connectivity index (χ4v) is 6.35. The largest absolute Gasteiger partial charge is 0.497 e. The molecule has 0 saturated carbocycles. The molecule has 0 aliphatic rings. The number of hydrogen-bond donors (Lipinski definition) is 1. The molecule has 0 aliphatic carbocycles. The summed E-state index contributed by atoms with van der Waals surface area (Å²) in [6, 6.07) is 10.5. The van der Waals surface area contributed by atoms with Crippen molar-refractivity contribution in [2.45, 2.75) is 36.1 Å². The Balaban J connectivity index is 1.80. The molecule has 1 amide bonds. The van der Waals surface area contributed by atoms with E-state index in [2.05, 4.69) is 4.99 Å². The molecule has 1 aromatic heterocycles. The normalized spacial score (nSPS) is 12.8. The van der Waals surface area contributed by atoms with Gasteiger partial charge in [0.15, 0.2) is 14.6 Å². The molecule has 1 heterocycles. The molecule has 0 atom stereocenters. The zero-order chi connectivity index (χ0) is 25.6. The van der Waals surface area contributed by atoms with Crippen molar-refractivity contribution < 1.29 is 31.1 Å². The third kappa shape index (κ3) is 6.98. The summed E-state index contributed by atoms with van der Waals surface area (Å²) in [5, 5.41) is 5.24. The van der Waals surface area contributed by atoms with Gasteiger partial charge in [-0.15, -0.1) is 0 Å². The lowest BCUT2D eigenvalue weighted by Crippen LogP contribution is -2.20. The summed E-state index contributed by atoms with van der Waals surface area (Å²) in [4.78, 5) is 17.2. The van der Waals surface area contributed by atoms with Gasteiger partial charge in [0.2, 0.25) is 15.9 Å². The van der Waals surface area contributed by atoms with E-state index < -0.39 is 25.8 Å². The number of nitrogens with two attached hydrogens (primary N) is 1. The number of amides is 1. The summed E-state index contributed by atoms with van der Waals surface area (Å²) < 4.78 is 61.3. The Labute approximate surface area is 208 Å². The zero-order valence-electron chi connectivity index (χ0n) is 19.3. The molecule has 0 spiro atoms. The number of methoxy groups -OCH3 is 1. The lowest BCUT2D eigenvalue weighted by atomic mass is 10.3. The summed E-state index contributed by atoms with van der Waals surface area (Å²) in [6.07, 6.45) is 0.0492. The van der Waals surface area contributed by atoms with E-state index in [0.717, 1.165) is 11.3 Å². The topological polar surface area (TPSA) is 147 Å². The molecule has 35 heavy (non-hydrogen) atoms. The number of sulfone groups is 1. The Morgan fingerprint density at radius 1 is 1.09 bits per heavy atom. The van der Waals surface area contributed by atoms with Gasteiger partial charge in [0, 0.05) is 19.6 Å². The molecule has 190 valence electrons. The SMILES string of the molecule is CCOCCn1c(=NC(=O)CCCS(=O)(=O)c2ccc(OC)cc2)sc2cc(S(N)(=O)=O)ccc21. The minimum atomic E-state index is -3.88. The van der Waals surface area contributed by atoms with Gasteiger partial charge in [-0.25, -0.2) is 22.0 Å². The van der Waals surface area contributed by atoms with Gasteiger partial charge in [0.05, 0.1) is 39.5 Å². The molecule has 2 aromatic carbocycles. The molecule has 0 unspecified atom stereocenters. The van der Waals surface area contributed by atoms with Crippen LogP contribution in [0.3, 0.4) is 0 Å². The number of fused-ring (bicyclic) bond motifs is 1. The van der Waals surface area contributed by atoms with Gasteiger partial charge in [0.25, 0.3) is 0 Å². The van der Waals surface area contributed by atoms with Crippen LogP contribution in [0.15, 0.2) is 57.2 Å². The van der Waals surface area contributed by atoms with Gasteiger partial charge in [-0.3, -0.25) is 4.79 Å². The molecule has 3 aromatic rings. The number of primary sulfonamides is 1. The second-order valence-electron chi connectivity index (χ2n) is 7.51. The van der Waals surface area contributed by atoms with Crippen LogP contribution in [0.4, 0.5) is 0 Å². The second-order valence-corrected chi connectivity index (χ2v) is 12.2. The maximum atomic E-state index is 12.6. The Bertz CT molecular complexity index is 1470. The van der Waals surface area contributed by atoms with Crippen LogP contribution in [0.2, 0.25) is 0 Å². The molecule has 13 heteroatoms. The summed E-state index contributed by atoms with van der Waals surface area (Å²) in [7, 11) is -5.94. The van der Waals surface area contributed by atoms with Crippen LogP contribution in [-0.4, -0.2) is 53.4 Å². The minimum Gasteiger partial charge on any atom is -0.497 e. The highest BCUT2D eigenvalue weighted by molar-refractivity contribution is 7.91. The first-order valence-corrected chi connectivity index (χ1v) is 14.7. The van der Waals surface area contributed by atoms with Gasteiger partial charge in [-0.1, -0.05) is 11.3 Å². The van der Waals surface area contributed by atoms with Gasteiger partial charge in [0.1, 0.15) is 5.75 Å². The van der Waals surface area contributed by atoms with Crippen molar-refractivity contribution in [2.75, 3.05) is 26.1 Å². The van der Waals surface area contributed by atoms with Crippen LogP contribution >= 0.6 is 11.3 Å². The number of ether oxygens (including phenoxy) is 2. The molecule has 0 fully saturated rings. The number of sulfonamides is 1. The number of hydrogen-bond acceptors (Lipinski definition) is 8. The van der Waals surface area contributed by atoms with E-state index in [0.29, 0.717) is 40.5 Å². The molecular formula is C22H27N3O7S3. The van der Waals surface area contributed by atoms with Crippen molar-refractivity contribution in [2.24, 2.45) is 10.1 Å². The first-order valence-electron chi connectivity index (χ1n) is 10.7. The van der Waals surface area contributed by atoms with Crippen molar-refractivity contribution in [1.29, 1.82) is 0 Å². The van der Waals surface area contributed by atoms with Crippen molar-refractivity contribution in [1.82, 2.24) is 4.57 Å². The van der Waals surface area contributed by atoms with Crippen molar-refractivity contribution >= 4 is 47.3 Å². The quantitative estimate of drug-likeness (QED) is 0.366. The number of nitrogens with zero attached hydrogens (tertiary/aromatic N) is 2. The number of aromatic nitrogens is 1. The monoisotopic (exact) mass is 541 g/mol. The minimum absolute atomic E-state index is 0.0372. The average molecular weight is 542 g/mol. The Morgan fingerprint density at radius 3 is 2.40 bits per heavy atom. The fraction of sp³-hybridized carbons (Fsp3) is 0.364. The molecule has 0 saturated heterocycles. The van der Waals surface area contributed by atoms with Crippen molar-refractivity contribution in [3.05, 3.63) is 47.3 Å². The van der Waals surface area contributed by atoms with Crippen LogP contribution in [0.25, 0.3) is 10.2 Å². The third-order valence-electron chi connectivity index (χ3n) is 5.09. The van der Waals surface area contributed by atoms with Crippen LogP contribution < -0.4 is 14.7 Å². The van der Waals surface area contributed by atoms with Crippen molar-refractivity contribution in [3.63, 3.8) is 0 Å². The summed E-state index contributed by atoms with van der Waals surface area (Å²) in [6.45, 7) is 3.16. The number of carbonyl (C=O) groups is 1. The summed E-state index contributed by atoms with van der Waals surface area (Å²) in [5.41, 5.74) is 0.690. The zero-order valence-corrected chi connectivity index (χ0v) is 21.8. The first kappa shape index (κ1) is 27.0. The summed E-state index contributed by atoms with van der Waals surface area (Å²) in [5.74, 6) is -0.122. The Morgan fingerprint density at radius 2 is 1.77 bits per heavy atom. The molecule has 3 rings (SSSR count). The lowest BCUT2D eigenvalue weighted by Gasteiger charge is -2.06. The van der Waals surface area contributed by atoms with Crippen LogP contribution in [-0.2, 0) is 35.9 Å². The van der Waals surface area contributed by atoms with Gasteiger partial charge >= 0.3 is 0 Å². The highest BCUT2D eigenvalue weighted by Gasteiger charge is 2.16. The summed E-state index contributed by atoms with van der Waals surface area (Å²) >= 11 is 1.15. The number of thiazole rings is 1. The van der Waals surface area contributed by atoms with Gasteiger partial charge < -0.3 is 14.0 Å². The van der Waals surface area contributed by atoms with E-state index in [4.69, 9.17) is 14.6 Å². The highest BCUT2D eigenvalue weighted by Crippen LogP contribution is 2.22.